The van der Waals surface area contributed by atoms with Gasteiger partial charge in [-0.05, 0) is 55.9 Å². The topological polar surface area (TPSA) is 69.7 Å². The molecule has 0 aromatic heterocycles. The fraction of sp³-hybridized carbons (Fsp3) is 0.650. The molecular formula is C20H31N3O3S. The van der Waals surface area contributed by atoms with Gasteiger partial charge in [0.05, 0.1) is 5.75 Å². The Labute approximate surface area is 163 Å². The Morgan fingerprint density at radius 3 is 2.30 bits per heavy atom. The highest BCUT2D eigenvalue weighted by atomic mass is 32.2. The molecule has 27 heavy (non-hydrogen) atoms. The molecule has 2 aliphatic rings. The van der Waals surface area contributed by atoms with Crippen LogP contribution in [-0.4, -0.2) is 50.6 Å². The van der Waals surface area contributed by atoms with Crippen molar-refractivity contribution in [1.29, 1.82) is 0 Å². The van der Waals surface area contributed by atoms with E-state index in [9.17, 15) is 13.2 Å². The van der Waals surface area contributed by atoms with Crippen LogP contribution in [0, 0.1) is 5.92 Å². The summed E-state index contributed by atoms with van der Waals surface area (Å²) < 4.78 is 26.2. The summed E-state index contributed by atoms with van der Waals surface area (Å²) in [6, 6.07) is 7.83. The molecular weight excluding hydrogens is 362 g/mol. The first-order chi connectivity index (χ1) is 12.9. The number of carbonyl (C=O) groups excluding carboxylic acids is 1. The quantitative estimate of drug-likeness (QED) is 0.806. The van der Waals surface area contributed by atoms with Crippen molar-refractivity contribution in [3.05, 3.63) is 24.3 Å². The lowest BCUT2D eigenvalue weighted by atomic mass is 9.99. The van der Waals surface area contributed by atoms with Gasteiger partial charge in [-0.1, -0.05) is 13.3 Å². The van der Waals surface area contributed by atoms with Crippen molar-refractivity contribution >= 4 is 27.3 Å². The number of carbonyl (C=O) groups is 1. The summed E-state index contributed by atoms with van der Waals surface area (Å²) in [4.78, 5) is 14.5. The van der Waals surface area contributed by atoms with Crippen LogP contribution in [0.15, 0.2) is 24.3 Å². The number of hydrogen-bond acceptors (Lipinski definition) is 4. The summed E-state index contributed by atoms with van der Waals surface area (Å²) >= 11 is 0. The van der Waals surface area contributed by atoms with Gasteiger partial charge in [-0.25, -0.2) is 12.7 Å². The van der Waals surface area contributed by atoms with E-state index in [4.69, 9.17) is 0 Å². The fourth-order valence-corrected chi connectivity index (χ4v) is 5.26. The van der Waals surface area contributed by atoms with E-state index >= 15 is 0 Å². The lowest BCUT2D eigenvalue weighted by molar-refractivity contribution is -0.115. The second kappa shape index (κ2) is 9.06. The molecule has 150 valence electrons. The molecule has 6 nitrogen and oxygen atoms in total. The van der Waals surface area contributed by atoms with Crippen LogP contribution >= 0.6 is 0 Å². The van der Waals surface area contributed by atoms with Crippen LogP contribution in [0.25, 0.3) is 0 Å². The van der Waals surface area contributed by atoms with Gasteiger partial charge in [-0.3, -0.25) is 4.79 Å². The summed E-state index contributed by atoms with van der Waals surface area (Å²) in [7, 11) is -3.33. The molecule has 0 bridgehead atoms. The van der Waals surface area contributed by atoms with Crippen LogP contribution in [0.2, 0.25) is 0 Å². The first kappa shape index (κ1) is 20.1. The van der Waals surface area contributed by atoms with E-state index in [2.05, 4.69) is 17.1 Å². The minimum absolute atomic E-state index is 0.00933. The minimum Gasteiger partial charge on any atom is -0.372 e. The van der Waals surface area contributed by atoms with E-state index in [0.29, 0.717) is 18.8 Å². The van der Waals surface area contributed by atoms with Gasteiger partial charge >= 0.3 is 0 Å². The van der Waals surface area contributed by atoms with Gasteiger partial charge in [0.15, 0.2) is 0 Å². The van der Waals surface area contributed by atoms with Crippen LogP contribution in [0.5, 0.6) is 0 Å². The van der Waals surface area contributed by atoms with Crippen LogP contribution in [0.4, 0.5) is 11.4 Å². The molecule has 0 aliphatic carbocycles. The highest BCUT2D eigenvalue weighted by Crippen LogP contribution is 2.24. The third-order valence-corrected chi connectivity index (χ3v) is 7.47. The molecule has 0 spiro atoms. The number of piperidine rings is 2. The normalized spacial score (nSPS) is 19.8. The molecule has 2 fully saturated rings. The minimum atomic E-state index is -3.33. The van der Waals surface area contributed by atoms with Crippen molar-refractivity contribution in [3.8, 4) is 0 Å². The standard InChI is InChI=1S/C20H31N3O3S/c1-17-9-14-22(15-10-17)19-7-5-18(6-8-19)21-20(24)11-16-27(25,26)23-12-3-2-4-13-23/h5-8,17H,2-4,9-16H2,1H3,(H,21,24). The Balaban J connectivity index is 1.47. The first-order valence-corrected chi connectivity index (χ1v) is 11.7. The fourth-order valence-electron chi connectivity index (χ4n) is 3.74. The predicted molar refractivity (Wildman–Crippen MR) is 110 cm³/mol. The van der Waals surface area contributed by atoms with E-state index in [-0.39, 0.29) is 18.1 Å². The predicted octanol–water partition coefficient (Wildman–Crippen LogP) is 3.07. The lowest BCUT2D eigenvalue weighted by Crippen LogP contribution is -2.37. The van der Waals surface area contributed by atoms with Crippen LogP contribution in [-0.2, 0) is 14.8 Å². The van der Waals surface area contributed by atoms with Gasteiger partial charge in [-0.2, -0.15) is 0 Å². The average Bonchev–Trinajstić information content (AvgIpc) is 2.68. The molecule has 1 N–H and O–H groups in total. The first-order valence-electron chi connectivity index (χ1n) is 10.1. The number of anilines is 2. The van der Waals surface area contributed by atoms with Crippen molar-refractivity contribution in [1.82, 2.24) is 4.31 Å². The highest BCUT2D eigenvalue weighted by Gasteiger charge is 2.24. The Kier molecular flexibility index (Phi) is 6.76. The molecule has 1 aromatic carbocycles. The van der Waals surface area contributed by atoms with E-state index in [1.54, 1.807) is 0 Å². The number of sulfonamides is 1. The number of amides is 1. The molecule has 0 saturated carbocycles. The maximum Gasteiger partial charge on any atom is 0.225 e. The molecule has 2 saturated heterocycles. The lowest BCUT2D eigenvalue weighted by Gasteiger charge is -2.32. The Bertz CT molecular complexity index is 719. The van der Waals surface area contributed by atoms with Gasteiger partial charge in [0.2, 0.25) is 15.9 Å². The molecule has 0 atom stereocenters. The molecule has 0 radical (unpaired) electrons. The van der Waals surface area contributed by atoms with Crippen molar-refractivity contribution in [2.24, 2.45) is 5.92 Å². The SMILES string of the molecule is CC1CCN(c2ccc(NC(=O)CCS(=O)(=O)N3CCCCC3)cc2)CC1. The van der Waals surface area contributed by atoms with Crippen molar-refractivity contribution in [2.45, 2.75) is 45.4 Å². The number of benzene rings is 1. The van der Waals surface area contributed by atoms with Gasteiger partial charge in [0.1, 0.15) is 0 Å². The Morgan fingerprint density at radius 1 is 1.04 bits per heavy atom. The van der Waals surface area contributed by atoms with Gasteiger partial charge in [0.25, 0.3) is 0 Å². The van der Waals surface area contributed by atoms with Crippen molar-refractivity contribution in [2.75, 3.05) is 42.1 Å². The van der Waals surface area contributed by atoms with Gasteiger partial charge in [-0.15, -0.1) is 0 Å². The zero-order valence-corrected chi connectivity index (χ0v) is 17.0. The van der Waals surface area contributed by atoms with Crippen molar-refractivity contribution < 1.29 is 13.2 Å². The molecule has 2 heterocycles. The zero-order chi connectivity index (χ0) is 19.3. The molecule has 2 aliphatic heterocycles. The van der Waals surface area contributed by atoms with E-state index < -0.39 is 10.0 Å². The zero-order valence-electron chi connectivity index (χ0n) is 16.2. The van der Waals surface area contributed by atoms with E-state index in [1.807, 2.05) is 24.3 Å². The summed E-state index contributed by atoms with van der Waals surface area (Å²) in [6.07, 6.45) is 5.32. The van der Waals surface area contributed by atoms with Crippen molar-refractivity contribution in [3.63, 3.8) is 0 Å². The third-order valence-electron chi connectivity index (χ3n) is 5.60. The Hall–Kier alpha value is -1.60. The van der Waals surface area contributed by atoms with Crippen LogP contribution in [0.3, 0.4) is 0 Å². The van der Waals surface area contributed by atoms with Crippen LogP contribution in [0.1, 0.15) is 45.4 Å². The summed E-state index contributed by atoms with van der Waals surface area (Å²) in [5, 5.41) is 2.81. The number of hydrogen-bond donors (Lipinski definition) is 1. The highest BCUT2D eigenvalue weighted by molar-refractivity contribution is 7.89. The smallest absolute Gasteiger partial charge is 0.225 e. The average molecular weight is 394 g/mol. The monoisotopic (exact) mass is 393 g/mol. The molecule has 7 heteroatoms. The maximum absolute atomic E-state index is 12.3. The Morgan fingerprint density at radius 2 is 1.67 bits per heavy atom. The summed E-state index contributed by atoms with van der Waals surface area (Å²) in [5.74, 6) is 0.416. The summed E-state index contributed by atoms with van der Waals surface area (Å²) in [5.41, 5.74) is 1.89. The molecule has 1 aromatic rings. The number of rotatable bonds is 6. The summed E-state index contributed by atoms with van der Waals surface area (Å²) in [6.45, 7) is 5.60. The van der Waals surface area contributed by atoms with E-state index in [0.717, 1.165) is 38.3 Å². The van der Waals surface area contributed by atoms with Crippen LogP contribution < -0.4 is 10.2 Å². The number of nitrogens with zero attached hydrogens (tertiary/aromatic N) is 2. The number of nitrogens with one attached hydrogen (secondary N) is 1. The third kappa shape index (κ3) is 5.69. The largest absolute Gasteiger partial charge is 0.372 e. The second-order valence-corrected chi connectivity index (χ2v) is 9.88. The second-order valence-electron chi connectivity index (χ2n) is 7.79. The maximum atomic E-state index is 12.3. The van der Waals surface area contributed by atoms with E-state index in [1.165, 1.54) is 22.8 Å². The van der Waals surface area contributed by atoms with Gasteiger partial charge < -0.3 is 10.2 Å². The molecule has 1 amide bonds. The molecule has 3 rings (SSSR count). The molecule has 0 unspecified atom stereocenters. The van der Waals surface area contributed by atoms with Gasteiger partial charge in [0, 0.05) is 44.0 Å².